The van der Waals surface area contributed by atoms with Crippen LogP contribution in [0.25, 0.3) is 104 Å². The molecule has 0 unspecified atom stereocenters. The van der Waals surface area contributed by atoms with Crippen LogP contribution in [0.4, 0.5) is 17.1 Å². The Labute approximate surface area is 395 Å². The van der Waals surface area contributed by atoms with Crippen molar-refractivity contribution in [3.05, 3.63) is 267 Å². The predicted octanol–water partition coefficient (Wildman–Crippen LogP) is 18.4. The Kier molecular flexibility index (Phi) is 9.54. The van der Waals surface area contributed by atoms with Crippen LogP contribution in [0.15, 0.2) is 267 Å². The first-order valence-corrected chi connectivity index (χ1v) is 23.4. The van der Waals surface area contributed by atoms with Crippen LogP contribution in [0.2, 0.25) is 0 Å². The van der Waals surface area contributed by atoms with Crippen molar-refractivity contribution in [2.24, 2.45) is 0 Å². The van der Waals surface area contributed by atoms with E-state index in [2.05, 4.69) is 276 Å². The summed E-state index contributed by atoms with van der Waals surface area (Å²) >= 11 is 0. The van der Waals surface area contributed by atoms with E-state index in [0.29, 0.717) is 0 Å². The number of para-hydroxylation sites is 2. The summed E-state index contributed by atoms with van der Waals surface area (Å²) in [4.78, 5) is 2.44. The van der Waals surface area contributed by atoms with E-state index >= 15 is 0 Å². The van der Waals surface area contributed by atoms with Crippen molar-refractivity contribution in [1.82, 2.24) is 4.57 Å². The molecular weight excluding hydrogens is 821 g/mol. The third kappa shape index (κ3) is 6.57. The van der Waals surface area contributed by atoms with Gasteiger partial charge in [0, 0.05) is 33.4 Å². The lowest BCUT2D eigenvalue weighted by atomic mass is 9.90. The van der Waals surface area contributed by atoms with Gasteiger partial charge in [-0.25, -0.2) is 0 Å². The van der Waals surface area contributed by atoms with E-state index in [1.54, 1.807) is 0 Å². The van der Waals surface area contributed by atoms with Crippen LogP contribution in [0.5, 0.6) is 0 Å². The zero-order chi connectivity index (χ0) is 45.0. The van der Waals surface area contributed by atoms with Gasteiger partial charge in [0.05, 0.1) is 16.7 Å². The average molecular weight is 865 g/mol. The molecule has 0 fully saturated rings. The number of hydrogen-bond donors (Lipinski definition) is 0. The van der Waals surface area contributed by atoms with Crippen molar-refractivity contribution in [3.63, 3.8) is 0 Å². The molecule has 1 heterocycles. The highest BCUT2D eigenvalue weighted by Crippen LogP contribution is 2.46. The molecule has 13 rings (SSSR count). The van der Waals surface area contributed by atoms with Gasteiger partial charge < -0.3 is 9.47 Å². The number of nitrogens with zero attached hydrogens (tertiary/aromatic N) is 2. The second kappa shape index (κ2) is 16.5. The fraction of sp³-hybridized carbons (Fsp3) is 0. The van der Waals surface area contributed by atoms with E-state index in [9.17, 15) is 0 Å². The monoisotopic (exact) mass is 864 g/mol. The summed E-state index contributed by atoms with van der Waals surface area (Å²) in [6.45, 7) is 0. The first-order chi connectivity index (χ1) is 33.8. The maximum atomic E-state index is 2.44. The highest BCUT2D eigenvalue weighted by Gasteiger charge is 2.21. The molecule has 13 aromatic rings. The lowest BCUT2D eigenvalue weighted by Gasteiger charge is -2.29. The topological polar surface area (TPSA) is 8.17 Å². The first-order valence-electron chi connectivity index (χ1n) is 23.4. The van der Waals surface area contributed by atoms with Gasteiger partial charge in [0.15, 0.2) is 0 Å². The minimum atomic E-state index is 1.07. The fourth-order valence-electron chi connectivity index (χ4n) is 10.7. The van der Waals surface area contributed by atoms with E-state index in [-0.39, 0.29) is 0 Å². The highest BCUT2D eigenvalue weighted by atomic mass is 15.1. The quantitative estimate of drug-likeness (QED) is 0.148. The third-order valence-corrected chi connectivity index (χ3v) is 13.8. The van der Waals surface area contributed by atoms with Crippen LogP contribution in [-0.4, -0.2) is 4.57 Å². The number of fused-ring (bicyclic) bond motifs is 7. The van der Waals surface area contributed by atoms with Crippen molar-refractivity contribution >= 4 is 71.2 Å². The van der Waals surface area contributed by atoms with Crippen LogP contribution in [0, 0.1) is 0 Å². The lowest BCUT2D eigenvalue weighted by molar-refractivity contribution is 1.17. The Morgan fingerprint density at radius 1 is 0.250 bits per heavy atom. The molecule has 0 aliphatic carbocycles. The molecule has 0 amide bonds. The van der Waals surface area contributed by atoms with Crippen LogP contribution < -0.4 is 4.90 Å². The van der Waals surface area contributed by atoms with Crippen molar-refractivity contribution in [2.45, 2.75) is 0 Å². The number of aromatic nitrogens is 1. The summed E-state index contributed by atoms with van der Waals surface area (Å²) in [5.41, 5.74) is 16.4. The second-order valence-electron chi connectivity index (χ2n) is 17.6. The van der Waals surface area contributed by atoms with Crippen molar-refractivity contribution in [1.29, 1.82) is 0 Å². The molecule has 1 aromatic heterocycles. The van der Waals surface area contributed by atoms with Gasteiger partial charge in [0.1, 0.15) is 0 Å². The van der Waals surface area contributed by atoms with E-state index in [1.807, 2.05) is 0 Å². The summed E-state index contributed by atoms with van der Waals surface area (Å²) in [7, 11) is 0. The SMILES string of the molecule is c1ccc(-c2cccc3cccc(-c4ccc(N(c5ccc(-n6c7ccccc7c7c8ccccc8ccc76)cc5)c5ccccc5-c5cccc6cccc(-c7ccccc7)c56)cc4)c23)cc1. The Morgan fingerprint density at radius 3 is 1.34 bits per heavy atom. The van der Waals surface area contributed by atoms with Crippen molar-refractivity contribution in [3.8, 4) is 50.2 Å². The van der Waals surface area contributed by atoms with Crippen LogP contribution >= 0.6 is 0 Å². The number of rotatable bonds is 8. The molecule has 318 valence electrons. The number of anilines is 3. The smallest absolute Gasteiger partial charge is 0.0547 e. The number of benzene rings is 12. The van der Waals surface area contributed by atoms with Gasteiger partial charge in [-0.3, -0.25) is 0 Å². The molecule has 0 N–H and O–H groups in total. The molecule has 0 bridgehead atoms. The summed E-state index contributed by atoms with van der Waals surface area (Å²) < 4.78 is 2.42. The molecule has 0 spiro atoms. The lowest BCUT2D eigenvalue weighted by Crippen LogP contribution is -2.11. The number of hydrogen-bond acceptors (Lipinski definition) is 1. The molecule has 0 aliphatic heterocycles. The van der Waals surface area contributed by atoms with Crippen LogP contribution in [0.3, 0.4) is 0 Å². The molecule has 12 aromatic carbocycles. The minimum Gasteiger partial charge on any atom is -0.310 e. The molecule has 0 atom stereocenters. The van der Waals surface area contributed by atoms with Crippen LogP contribution in [-0.2, 0) is 0 Å². The zero-order valence-electron chi connectivity index (χ0n) is 37.3. The van der Waals surface area contributed by atoms with Gasteiger partial charge >= 0.3 is 0 Å². The summed E-state index contributed by atoms with van der Waals surface area (Å²) in [6.07, 6.45) is 0. The summed E-state index contributed by atoms with van der Waals surface area (Å²) in [5.74, 6) is 0. The second-order valence-corrected chi connectivity index (χ2v) is 17.6. The van der Waals surface area contributed by atoms with Gasteiger partial charge in [-0.05, 0) is 126 Å². The fourth-order valence-corrected chi connectivity index (χ4v) is 10.7. The highest BCUT2D eigenvalue weighted by molar-refractivity contribution is 6.21. The largest absolute Gasteiger partial charge is 0.310 e. The maximum absolute atomic E-state index is 2.44. The van der Waals surface area contributed by atoms with Crippen LogP contribution in [0.1, 0.15) is 0 Å². The minimum absolute atomic E-state index is 1.07. The Hall–Kier alpha value is -8.98. The Morgan fingerprint density at radius 2 is 0.706 bits per heavy atom. The van der Waals surface area contributed by atoms with Crippen molar-refractivity contribution < 1.29 is 0 Å². The molecule has 0 saturated heterocycles. The summed E-state index contributed by atoms with van der Waals surface area (Å²) in [5, 5.41) is 9.99. The molecule has 0 radical (unpaired) electrons. The van der Waals surface area contributed by atoms with E-state index < -0.39 is 0 Å². The van der Waals surface area contributed by atoms with E-state index in [4.69, 9.17) is 0 Å². The molecule has 68 heavy (non-hydrogen) atoms. The molecule has 0 saturated carbocycles. The average Bonchev–Trinajstić information content (AvgIpc) is 3.76. The molecule has 2 nitrogen and oxygen atoms in total. The van der Waals surface area contributed by atoms with Gasteiger partial charge in [-0.2, -0.15) is 0 Å². The zero-order valence-corrected chi connectivity index (χ0v) is 37.3. The van der Waals surface area contributed by atoms with Gasteiger partial charge in [0.25, 0.3) is 0 Å². The molecule has 0 aliphatic rings. The van der Waals surface area contributed by atoms with E-state index in [0.717, 1.165) is 28.3 Å². The normalized spacial score (nSPS) is 11.5. The molecule has 2 heteroatoms. The van der Waals surface area contributed by atoms with Gasteiger partial charge in [-0.15, -0.1) is 0 Å². The first kappa shape index (κ1) is 39.4. The van der Waals surface area contributed by atoms with Gasteiger partial charge in [0.2, 0.25) is 0 Å². The Bertz CT molecular complexity index is 3990. The predicted molar refractivity (Wildman–Crippen MR) is 290 cm³/mol. The molecular formula is C66H44N2. The van der Waals surface area contributed by atoms with Crippen molar-refractivity contribution in [2.75, 3.05) is 4.90 Å². The maximum Gasteiger partial charge on any atom is 0.0547 e. The van der Waals surface area contributed by atoms with E-state index in [1.165, 1.54) is 93.1 Å². The standard InChI is InChI=1S/C66H44N2/c1-3-17-45(18-4-1)54-29-13-22-49-23-14-31-56(64(49)54)48-35-38-51(39-36-48)67(61-33-11-9-27-58(61)59-32-16-25-50-24-15-30-55(65(50)59)46-19-5-2-6-20-46)52-40-42-53(43-41-52)68-62-34-12-10-28-60(62)66-57-26-8-7-21-47(57)37-44-63(66)68/h1-44H. The van der Waals surface area contributed by atoms with Gasteiger partial charge in [-0.1, -0.05) is 212 Å². The Balaban J connectivity index is 0.997. The summed E-state index contributed by atoms with van der Waals surface area (Å²) in [6, 6.07) is 97.5. The third-order valence-electron chi connectivity index (χ3n) is 13.8.